The van der Waals surface area contributed by atoms with Crippen molar-refractivity contribution in [3.8, 4) is 11.1 Å². The first-order valence-electron chi connectivity index (χ1n) is 9.82. The van der Waals surface area contributed by atoms with Crippen molar-refractivity contribution < 1.29 is 9.53 Å². The van der Waals surface area contributed by atoms with Crippen LogP contribution in [-0.4, -0.2) is 20.9 Å². The van der Waals surface area contributed by atoms with Gasteiger partial charge in [-0.1, -0.05) is 23.7 Å². The number of carbonyl (C=O) groups excluding carboxylic acids is 1. The molecule has 0 amide bonds. The molecular weight excluding hydrogens is 384 g/mol. The van der Waals surface area contributed by atoms with Gasteiger partial charge in [-0.3, -0.25) is 4.79 Å². The maximum Gasteiger partial charge on any atom is 0.163 e. The van der Waals surface area contributed by atoms with Gasteiger partial charge in [-0.15, -0.1) is 0 Å². The summed E-state index contributed by atoms with van der Waals surface area (Å²) in [6, 6.07) is 7.74. The van der Waals surface area contributed by atoms with Crippen LogP contribution >= 0.6 is 11.6 Å². The lowest BCUT2D eigenvalue weighted by molar-refractivity contribution is -0.138. The van der Waals surface area contributed by atoms with E-state index in [0.717, 1.165) is 44.7 Å². The molecule has 0 saturated carbocycles. The zero-order valence-electron chi connectivity index (χ0n) is 18.5. The number of nitrogens with zero attached hydrogens (tertiary/aromatic N) is 2. The van der Waals surface area contributed by atoms with Crippen molar-refractivity contribution in [1.82, 2.24) is 9.55 Å². The number of aryl methyl sites for hydroxylation is 3. The molecule has 0 radical (unpaired) electrons. The summed E-state index contributed by atoms with van der Waals surface area (Å²) in [5.74, 6) is -0.0373. The van der Waals surface area contributed by atoms with Crippen LogP contribution in [0.15, 0.2) is 24.3 Å². The molecule has 0 saturated heterocycles. The molecule has 2 heterocycles. The molecule has 1 aromatic carbocycles. The number of carbonyl (C=O) groups is 1. The van der Waals surface area contributed by atoms with E-state index in [-0.39, 0.29) is 5.78 Å². The predicted octanol–water partition coefficient (Wildman–Crippen LogP) is 6.26. The van der Waals surface area contributed by atoms with E-state index in [1.165, 1.54) is 0 Å². The van der Waals surface area contributed by atoms with Crippen LogP contribution in [0.1, 0.15) is 56.3 Å². The van der Waals surface area contributed by atoms with Crippen LogP contribution in [-0.2, 0) is 16.6 Å². The van der Waals surface area contributed by atoms with Crippen molar-refractivity contribution in [1.29, 1.82) is 0 Å². The lowest BCUT2D eigenvalue weighted by Crippen LogP contribution is -2.27. The average Bonchev–Trinajstić information content (AvgIpc) is 2.83. The Balaban J connectivity index is 2.47. The third-order valence-electron chi connectivity index (χ3n) is 5.38. The van der Waals surface area contributed by atoms with Crippen molar-refractivity contribution >= 4 is 28.4 Å². The molecule has 0 N–H and O–H groups in total. The van der Waals surface area contributed by atoms with E-state index in [4.69, 9.17) is 21.3 Å². The van der Waals surface area contributed by atoms with E-state index < -0.39 is 11.7 Å². The fourth-order valence-corrected chi connectivity index (χ4v) is 3.95. The molecule has 29 heavy (non-hydrogen) atoms. The van der Waals surface area contributed by atoms with E-state index in [1.807, 2.05) is 59.0 Å². The summed E-state index contributed by atoms with van der Waals surface area (Å²) < 4.78 is 8.36. The Morgan fingerprint density at radius 3 is 2.24 bits per heavy atom. The van der Waals surface area contributed by atoms with E-state index in [1.54, 1.807) is 6.92 Å². The number of ether oxygens (including phenoxy) is 1. The van der Waals surface area contributed by atoms with Gasteiger partial charge in [0.1, 0.15) is 11.8 Å². The summed E-state index contributed by atoms with van der Waals surface area (Å²) in [4.78, 5) is 17.6. The first kappa shape index (κ1) is 21.5. The first-order valence-corrected chi connectivity index (χ1v) is 10.2. The molecule has 0 spiro atoms. The second-order valence-corrected chi connectivity index (χ2v) is 9.12. The molecule has 4 nitrogen and oxygen atoms in total. The lowest BCUT2D eigenvalue weighted by Gasteiger charge is -2.29. The summed E-state index contributed by atoms with van der Waals surface area (Å²) in [6.07, 6.45) is -0.697. The van der Waals surface area contributed by atoms with Crippen LogP contribution in [0.2, 0.25) is 5.02 Å². The Morgan fingerprint density at radius 2 is 1.72 bits per heavy atom. The quantitative estimate of drug-likeness (QED) is 0.507. The Kier molecular flexibility index (Phi) is 5.63. The number of fused-ring (bicyclic) bond motifs is 1. The van der Waals surface area contributed by atoms with Gasteiger partial charge in [0.25, 0.3) is 0 Å². The zero-order valence-corrected chi connectivity index (χ0v) is 19.2. The maximum absolute atomic E-state index is 12.7. The number of benzene rings is 1. The highest BCUT2D eigenvalue weighted by Crippen LogP contribution is 2.42. The first-order chi connectivity index (χ1) is 13.4. The summed E-state index contributed by atoms with van der Waals surface area (Å²) in [6.45, 7) is 13.6. The molecular formula is C24H29ClN2O2. The van der Waals surface area contributed by atoms with Gasteiger partial charge < -0.3 is 9.30 Å². The molecule has 3 aromatic rings. The van der Waals surface area contributed by atoms with Crippen molar-refractivity contribution in [2.45, 2.75) is 60.2 Å². The van der Waals surface area contributed by atoms with Crippen molar-refractivity contribution in [2.75, 3.05) is 0 Å². The van der Waals surface area contributed by atoms with Crippen molar-refractivity contribution in [3.05, 3.63) is 51.8 Å². The van der Waals surface area contributed by atoms with Gasteiger partial charge in [0.15, 0.2) is 5.78 Å². The molecule has 0 aliphatic carbocycles. The van der Waals surface area contributed by atoms with Crippen LogP contribution in [0, 0.1) is 20.8 Å². The highest BCUT2D eigenvalue weighted by Gasteiger charge is 2.31. The summed E-state index contributed by atoms with van der Waals surface area (Å²) in [7, 11) is 2.02. The molecule has 154 valence electrons. The SMILES string of the molecule is CC(=O)C(OC(C)(C)C)c1c(C)nc2c(c(C)c(C)n2C)c1-c1ccc(Cl)cc1. The molecule has 1 unspecified atom stereocenters. The van der Waals surface area contributed by atoms with Gasteiger partial charge in [0, 0.05) is 40.0 Å². The van der Waals surface area contributed by atoms with E-state index in [0.29, 0.717) is 5.02 Å². The Morgan fingerprint density at radius 1 is 1.14 bits per heavy atom. The normalized spacial score (nSPS) is 13.1. The van der Waals surface area contributed by atoms with Crippen LogP contribution in [0.25, 0.3) is 22.2 Å². The molecule has 2 aromatic heterocycles. The third kappa shape index (κ3) is 3.96. The van der Waals surface area contributed by atoms with Gasteiger partial charge in [0.05, 0.1) is 5.60 Å². The zero-order chi connectivity index (χ0) is 21.7. The average molecular weight is 413 g/mol. The van der Waals surface area contributed by atoms with Crippen molar-refractivity contribution in [2.24, 2.45) is 7.05 Å². The Labute approximate surface area is 177 Å². The number of hydrogen-bond donors (Lipinski definition) is 0. The van der Waals surface area contributed by atoms with Crippen LogP contribution in [0.3, 0.4) is 0 Å². The second-order valence-electron chi connectivity index (χ2n) is 8.68. The molecule has 0 bridgehead atoms. The molecule has 0 fully saturated rings. The standard InChI is InChI=1S/C24H29ClN2O2/c1-13-15(3)27(8)23-19(13)21(17-9-11-18(25)12-10-17)20(14(2)26-23)22(16(4)28)29-24(5,6)7/h9-12,22H,1-8H3. The predicted molar refractivity (Wildman–Crippen MR) is 120 cm³/mol. The van der Waals surface area contributed by atoms with Gasteiger partial charge in [-0.05, 0) is 71.7 Å². The van der Waals surface area contributed by atoms with E-state index >= 15 is 0 Å². The van der Waals surface area contributed by atoms with Gasteiger partial charge in [-0.25, -0.2) is 4.98 Å². The Hall–Kier alpha value is -2.17. The summed E-state index contributed by atoms with van der Waals surface area (Å²) in [5.41, 5.74) is 6.35. The lowest BCUT2D eigenvalue weighted by atomic mass is 9.90. The fraction of sp³-hybridized carbons (Fsp3) is 0.417. The molecule has 0 aliphatic heterocycles. The van der Waals surface area contributed by atoms with Crippen LogP contribution < -0.4 is 0 Å². The van der Waals surface area contributed by atoms with E-state index in [9.17, 15) is 4.79 Å². The van der Waals surface area contributed by atoms with E-state index in [2.05, 4.69) is 18.4 Å². The molecule has 5 heteroatoms. The number of ketones is 1. The number of pyridine rings is 1. The minimum Gasteiger partial charge on any atom is -0.360 e. The van der Waals surface area contributed by atoms with Crippen molar-refractivity contribution in [3.63, 3.8) is 0 Å². The van der Waals surface area contributed by atoms with Gasteiger partial charge in [-0.2, -0.15) is 0 Å². The number of halogens is 1. The minimum atomic E-state index is -0.697. The topological polar surface area (TPSA) is 44.1 Å². The Bertz CT molecular complexity index is 1090. The van der Waals surface area contributed by atoms with Crippen LogP contribution in [0.4, 0.5) is 0 Å². The monoisotopic (exact) mass is 412 g/mol. The smallest absolute Gasteiger partial charge is 0.163 e. The van der Waals surface area contributed by atoms with Gasteiger partial charge >= 0.3 is 0 Å². The van der Waals surface area contributed by atoms with Crippen LogP contribution in [0.5, 0.6) is 0 Å². The second kappa shape index (κ2) is 7.58. The largest absolute Gasteiger partial charge is 0.360 e. The summed E-state index contributed by atoms with van der Waals surface area (Å²) >= 11 is 6.15. The minimum absolute atomic E-state index is 0.0373. The molecule has 0 aliphatic rings. The third-order valence-corrected chi connectivity index (χ3v) is 5.63. The fourth-order valence-electron chi connectivity index (χ4n) is 3.83. The highest BCUT2D eigenvalue weighted by molar-refractivity contribution is 6.30. The number of aromatic nitrogens is 2. The number of hydrogen-bond acceptors (Lipinski definition) is 3. The highest BCUT2D eigenvalue weighted by atomic mass is 35.5. The maximum atomic E-state index is 12.7. The number of rotatable bonds is 4. The number of Topliss-reactive ketones (excluding diaryl/α,β-unsaturated/α-hetero) is 1. The molecule has 1 atom stereocenters. The summed E-state index contributed by atoms with van der Waals surface area (Å²) in [5, 5.41) is 1.73. The molecule has 3 rings (SSSR count). The van der Waals surface area contributed by atoms with Gasteiger partial charge in [0.2, 0.25) is 0 Å².